The Morgan fingerprint density at radius 3 is 2.48 bits per heavy atom. The second-order valence-electron chi connectivity index (χ2n) is 5.71. The summed E-state index contributed by atoms with van der Waals surface area (Å²) in [6, 6.07) is 4.28. The maximum atomic E-state index is 11.3. The third-order valence-electron chi connectivity index (χ3n) is 3.35. The summed E-state index contributed by atoms with van der Waals surface area (Å²) in [5.41, 5.74) is 11.2. The van der Waals surface area contributed by atoms with Gasteiger partial charge in [0, 0.05) is 24.7 Å². The van der Waals surface area contributed by atoms with Crippen LogP contribution in [0.3, 0.4) is 0 Å². The Hall–Kier alpha value is -2.15. The van der Waals surface area contributed by atoms with Gasteiger partial charge in [0.1, 0.15) is 5.69 Å². The van der Waals surface area contributed by atoms with E-state index >= 15 is 0 Å². The summed E-state index contributed by atoms with van der Waals surface area (Å²) in [4.78, 5) is 23.8. The van der Waals surface area contributed by atoms with Gasteiger partial charge in [-0.1, -0.05) is 13.8 Å². The monoisotopic (exact) mass is 294 g/mol. The molecule has 0 bridgehead atoms. The Labute approximate surface area is 124 Å². The zero-order chi connectivity index (χ0) is 16.2. The first-order chi connectivity index (χ1) is 9.71. The molecule has 0 spiro atoms. The van der Waals surface area contributed by atoms with Crippen LogP contribution in [0.4, 0.5) is 11.4 Å². The molecule has 0 aliphatic carbocycles. The van der Waals surface area contributed by atoms with E-state index in [1.807, 2.05) is 25.7 Å². The molecule has 0 atom stereocenters. The molecule has 4 N–H and O–H groups in total. The summed E-state index contributed by atoms with van der Waals surface area (Å²) in [6.07, 6.45) is 0. The Bertz CT molecular complexity index is 543. The van der Waals surface area contributed by atoms with Crippen molar-refractivity contribution >= 4 is 17.3 Å². The highest BCUT2D eigenvalue weighted by Crippen LogP contribution is 2.31. The normalized spacial score (nSPS) is 11.2. The maximum Gasteiger partial charge on any atom is 0.293 e. The van der Waals surface area contributed by atoms with Crippen molar-refractivity contribution in [3.05, 3.63) is 33.9 Å². The van der Waals surface area contributed by atoms with Crippen molar-refractivity contribution in [2.45, 2.75) is 20.8 Å². The lowest BCUT2D eigenvalue weighted by Crippen LogP contribution is -2.39. The van der Waals surface area contributed by atoms with Crippen LogP contribution in [0, 0.1) is 15.5 Å². The van der Waals surface area contributed by atoms with Crippen LogP contribution in [-0.4, -0.2) is 30.5 Å². The van der Waals surface area contributed by atoms with Crippen molar-refractivity contribution in [2.75, 3.05) is 24.5 Å². The van der Waals surface area contributed by atoms with E-state index in [-0.39, 0.29) is 16.7 Å². The number of amides is 1. The first kappa shape index (κ1) is 16.9. The van der Waals surface area contributed by atoms with Crippen LogP contribution in [0.15, 0.2) is 18.2 Å². The number of nitrogens with two attached hydrogens (primary N) is 2. The molecule has 0 heterocycles. The molecule has 0 fully saturated rings. The van der Waals surface area contributed by atoms with Crippen LogP contribution < -0.4 is 16.4 Å². The summed E-state index contributed by atoms with van der Waals surface area (Å²) < 4.78 is 0. The van der Waals surface area contributed by atoms with E-state index in [0.29, 0.717) is 25.3 Å². The molecule has 21 heavy (non-hydrogen) atoms. The van der Waals surface area contributed by atoms with Crippen molar-refractivity contribution in [1.29, 1.82) is 0 Å². The molecule has 0 aliphatic heterocycles. The highest BCUT2D eigenvalue weighted by atomic mass is 16.6. The molecule has 0 unspecified atom stereocenters. The van der Waals surface area contributed by atoms with E-state index in [1.165, 1.54) is 12.1 Å². The van der Waals surface area contributed by atoms with Crippen LogP contribution in [0.2, 0.25) is 0 Å². The SMILES string of the molecule is CCN(CC(C)(C)CN)c1ccc(C(N)=O)cc1[N+](=O)[O-]. The zero-order valence-corrected chi connectivity index (χ0v) is 12.6. The summed E-state index contributed by atoms with van der Waals surface area (Å²) in [5.74, 6) is -0.685. The topological polar surface area (TPSA) is 115 Å². The second kappa shape index (κ2) is 6.53. The Morgan fingerprint density at radius 2 is 2.05 bits per heavy atom. The minimum Gasteiger partial charge on any atom is -0.366 e. The minimum absolute atomic E-state index is 0.124. The van der Waals surface area contributed by atoms with Crippen LogP contribution in [0.5, 0.6) is 0 Å². The molecule has 1 aromatic rings. The third-order valence-corrected chi connectivity index (χ3v) is 3.35. The van der Waals surface area contributed by atoms with Gasteiger partial charge in [0.2, 0.25) is 5.91 Å². The molecule has 1 rings (SSSR count). The number of hydrogen-bond acceptors (Lipinski definition) is 5. The molecule has 0 aromatic heterocycles. The molecule has 0 aliphatic rings. The quantitative estimate of drug-likeness (QED) is 0.584. The number of anilines is 1. The van der Waals surface area contributed by atoms with Crippen LogP contribution in [0.1, 0.15) is 31.1 Å². The fourth-order valence-electron chi connectivity index (χ4n) is 2.04. The van der Waals surface area contributed by atoms with E-state index in [0.717, 1.165) is 0 Å². The largest absolute Gasteiger partial charge is 0.366 e. The van der Waals surface area contributed by atoms with Gasteiger partial charge in [-0.3, -0.25) is 14.9 Å². The summed E-state index contributed by atoms with van der Waals surface area (Å²) in [7, 11) is 0. The molecule has 1 amide bonds. The Morgan fingerprint density at radius 1 is 1.43 bits per heavy atom. The zero-order valence-electron chi connectivity index (χ0n) is 12.6. The first-order valence-electron chi connectivity index (χ1n) is 6.75. The van der Waals surface area contributed by atoms with E-state index in [4.69, 9.17) is 11.5 Å². The number of primary amides is 1. The lowest BCUT2D eigenvalue weighted by atomic mass is 9.92. The second-order valence-corrected chi connectivity index (χ2v) is 5.71. The predicted molar refractivity (Wildman–Crippen MR) is 82.3 cm³/mol. The highest BCUT2D eigenvalue weighted by Gasteiger charge is 2.25. The molecule has 7 nitrogen and oxygen atoms in total. The summed E-state index contributed by atoms with van der Waals surface area (Å²) in [5, 5.41) is 11.3. The molecular formula is C14H22N4O3. The predicted octanol–water partition coefficient (Wildman–Crippen LogP) is 1.50. The smallest absolute Gasteiger partial charge is 0.293 e. The van der Waals surface area contributed by atoms with Crippen LogP contribution >= 0.6 is 0 Å². The number of benzene rings is 1. The fraction of sp³-hybridized carbons (Fsp3) is 0.500. The van der Waals surface area contributed by atoms with Gasteiger partial charge in [0.25, 0.3) is 5.69 Å². The third kappa shape index (κ3) is 4.16. The average molecular weight is 294 g/mol. The summed E-state index contributed by atoms with van der Waals surface area (Å²) in [6.45, 7) is 7.56. The number of nitro groups is 1. The van der Waals surface area contributed by atoms with Gasteiger partial charge >= 0.3 is 0 Å². The van der Waals surface area contributed by atoms with E-state index < -0.39 is 10.8 Å². The molecule has 1 aromatic carbocycles. The molecular weight excluding hydrogens is 272 g/mol. The number of carbonyl (C=O) groups excluding carboxylic acids is 1. The van der Waals surface area contributed by atoms with E-state index in [2.05, 4.69) is 0 Å². The summed E-state index contributed by atoms with van der Waals surface area (Å²) >= 11 is 0. The molecule has 7 heteroatoms. The molecule has 0 saturated heterocycles. The van der Waals surface area contributed by atoms with Crippen molar-refractivity contribution in [3.63, 3.8) is 0 Å². The van der Waals surface area contributed by atoms with Gasteiger partial charge in [-0.25, -0.2) is 0 Å². The Balaban J connectivity index is 3.26. The lowest BCUT2D eigenvalue weighted by Gasteiger charge is -2.32. The number of hydrogen-bond donors (Lipinski definition) is 2. The van der Waals surface area contributed by atoms with Gasteiger partial charge in [0.05, 0.1) is 4.92 Å². The van der Waals surface area contributed by atoms with Crippen molar-refractivity contribution < 1.29 is 9.72 Å². The van der Waals surface area contributed by atoms with Gasteiger partial charge in [-0.15, -0.1) is 0 Å². The van der Waals surface area contributed by atoms with Gasteiger partial charge in [0.15, 0.2) is 0 Å². The highest BCUT2D eigenvalue weighted by molar-refractivity contribution is 5.94. The molecule has 116 valence electrons. The van der Waals surface area contributed by atoms with Crippen molar-refractivity contribution in [3.8, 4) is 0 Å². The van der Waals surface area contributed by atoms with E-state index in [9.17, 15) is 14.9 Å². The van der Waals surface area contributed by atoms with Crippen molar-refractivity contribution in [2.24, 2.45) is 16.9 Å². The van der Waals surface area contributed by atoms with Crippen LogP contribution in [-0.2, 0) is 0 Å². The minimum atomic E-state index is -0.685. The first-order valence-corrected chi connectivity index (χ1v) is 6.75. The number of rotatable bonds is 7. The standard InChI is InChI=1S/C14H22N4O3/c1-4-17(9-14(2,3)8-15)11-6-5-10(13(16)19)7-12(11)18(20)21/h5-7H,4,8-9,15H2,1-3H3,(H2,16,19). The van der Waals surface area contributed by atoms with Crippen LogP contribution in [0.25, 0.3) is 0 Å². The Kier molecular flexibility index (Phi) is 5.26. The lowest BCUT2D eigenvalue weighted by molar-refractivity contribution is -0.384. The van der Waals surface area contributed by atoms with Gasteiger partial charge in [-0.2, -0.15) is 0 Å². The molecule has 0 radical (unpaired) electrons. The average Bonchev–Trinajstić information content (AvgIpc) is 2.44. The number of nitro benzene ring substituents is 1. The van der Waals surface area contributed by atoms with E-state index in [1.54, 1.807) is 6.07 Å². The molecule has 0 saturated carbocycles. The number of carbonyl (C=O) groups is 1. The van der Waals surface area contributed by atoms with Gasteiger partial charge in [-0.05, 0) is 31.0 Å². The fourth-order valence-corrected chi connectivity index (χ4v) is 2.04. The maximum absolute atomic E-state index is 11.3. The number of nitrogens with zero attached hydrogens (tertiary/aromatic N) is 2. The van der Waals surface area contributed by atoms with Gasteiger partial charge < -0.3 is 16.4 Å². The van der Waals surface area contributed by atoms with Crippen molar-refractivity contribution in [1.82, 2.24) is 0 Å².